The van der Waals surface area contributed by atoms with Crippen LogP contribution in [0.1, 0.15) is 19.4 Å². The van der Waals surface area contributed by atoms with Crippen LogP contribution in [0.2, 0.25) is 0 Å². The van der Waals surface area contributed by atoms with Gasteiger partial charge in [-0.3, -0.25) is 0 Å². The number of nitrogens with zero attached hydrogens (tertiary/aromatic N) is 1. The van der Waals surface area contributed by atoms with Crippen molar-refractivity contribution in [1.29, 1.82) is 0 Å². The van der Waals surface area contributed by atoms with Gasteiger partial charge < -0.3 is 4.57 Å². The van der Waals surface area contributed by atoms with Gasteiger partial charge in [0.1, 0.15) is 0 Å². The molecule has 1 aliphatic heterocycles. The van der Waals surface area contributed by atoms with Crippen LogP contribution < -0.4 is 0 Å². The Labute approximate surface area is 156 Å². The van der Waals surface area contributed by atoms with Gasteiger partial charge in [-0.1, -0.05) is 58.4 Å². The summed E-state index contributed by atoms with van der Waals surface area (Å²) in [5.41, 5.74) is 7.87. The highest BCUT2D eigenvalue weighted by Crippen LogP contribution is 2.47. The average Bonchev–Trinajstić information content (AvgIpc) is 3.10. The zero-order valence-corrected chi connectivity index (χ0v) is 15.8. The summed E-state index contributed by atoms with van der Waals surface area (Å²) < 4.78 is 3.59. The highest BCUT2D eigenvalue weighted by Gasteiger charge is 2.35. The molecule has 2 heterocycles. The lowest BCUT2D eigenvalue weighted by Gasteiger charge is -2.24. The molecule has 0 N–H and O–H groups in total. The molecule has 122 valence electrons. The van der Waals surface area contributed by atoms with Crippen molar-refractivity contribution in [3.05, 3.63) is 82.8 Å². The van der Waals surface area contributed by atoms with E-state index in [0.717, 1.165) is 4.47 Å². The molecule has 0 unspecified atom stereocenters. The zero-order chi connectivity index (χ0) is 17.2. The Bertz CT molecular complexity index is 1120. The second kappa shape index (κ2) is 5.09. The lowest BCUT2D eigenvalue weighted by atomic mass is 9.92. The van der Waals surface area contributed by atoms with Crippen LogP contribution >= 0.6 is 15.9 Å². The predicted molar refractivity (Wildman–Crippen MR) is 109 cm³/mol. The Hall–Kier alpha value is -2.32. The average molecular weight is 388 g/mol. The monoisotopic (exact) mass is 387 g/mol. The standard InChI is InChI=1S/C23H18BrN/c1-23(2)20-6-4-3-5-19(20)22-14-17-13-16(9-12-21(17)25(22)23)15-7-10-18(24)11-8-15/h3-14H,1-2H3. The number of hydrogen-bond donors (Lipinski definition) is 0. The highest BCUT2D eigenvalue weighted by molar-refractivity contribution is 9.10. The Morgan fingerprint density at radius 2 is 1.52 bits per heavy atom. The van der Waals surface area contributed by atoms with Crippen molar-refractivity contribution in [2.45, 2.75) is 19.4 Å². The van der Waals surface area contributed by atoms with Gasteiger partial charge in [0.2, 0.25) is 0 Å². The van der Waals surface area contributed by atoms with E-state index in [0.29, 0.717) is 0 Å². The fraction of sp³-hybridized carbons (Fsp3) is 0.130. The molecule has 0 radical (unpaired) electrons. The fourth-order valence-electron chi connectivity index (χ4n) is 4.20. The molecule has 0 amide bonds. The summed E-state index contributed by atoms with van der Waals surface area (Å²) in [7, 11) is 0. The molecular formula is C23H18BrN. The van der Waals surface area contributed by atoms with Crippen molar-refractivity contribution in [1.82, 2.24) is 4.57 Å². The topological polar surface area (TPSA) is 4.93 Å². The lowest BCUT2D eigenvalue weighted by Crippen LogP contribution is -2.23. The molecular weight excluding hydrogens is 370 g/mol. The van der Waals surface area contributed by atoms with Gasteiger partial charge >= 0.3 is 0 Å². The van der Waals surface area contributed by atoms with Crippen molar-refractivity contribution in [3.63, 3.8) is 0 Å². The number of hydrogen-bond acceptors (Lipinski definition) is 0. The number of halogens is 1. The smallest absolute Gasteiger partial charge is 0.0653 e. The van der Waals surface area contributed by atoms with Gasteiger partial charge in [0, 0.05) is 20.9 Å². The molecule has 0 saturated heterocycles. The lowest BCUT2D eigenvalue weighted by molar-refractivity contribution is 0.476. The summed E-state index contributed by atoms with van der Waals surface area (Å²) in [5.74, 6) is 0. The van der Waals surface area contributed by atoms with E-state index < -0.39 is 0 Å². The molecule has 0 aliphatic carbocycles. The van der Waals surface area contributed by atoms with Crippen LogP contribution in [-0.2, 0) is 5.54 Å². The summed E-state index contributed by atoms with van der Waals surface area (Å²) in [4.78, 5) is 0. The van der Waals surface area contributed by atoms with Crippen LogP contribution in [0.25, 0.3) is 33.3 Å². The molecule has 2 heteroatoms. The normalized spacial score (nSPS) is 14.5. The summed E-state index contributed by atoms with van der Waals surface area (Å²) in [6.45, 7) is 4.62. The van der Waals surface area contributed by atoms with Gasteiger partial charge in [0.05, 0.1) is 11.2 Å². The van der Waals surface area contributed by atoms with E-state index in [1.807, 2.05) is 0 Å². The van der Waals surface area contributed by atoms with Gasteiger partial charge in [0.15, 0.2) is 0 Å². The molecule has 5 rings (SSSR count). The minimum Gasteiger partial charge on any atom is -0.331 e. The largest absolute Gasteiger partial charge is 0.331 e. The van der Waals surface area contributed by atoms with Gasteiger partial charge in [-0.25, -0.2) is 0 Å². The van der Waals surface area contributed by atoms with Crippen molar-refractivity contribution >= 4 is 26.8 Å². The molecule has 25 heavy (non-hydrogen) atoms. The molecule has 4 aromatic rings. The maximum Gasteiger partial charge on any atom is 0.0653 e. The third kappa shape index (κ3) is 2.07. The van der Waals surface area contributed by atoms with Gasteiger partial charge in [-0.05, 0) is 60.9 Å². The van der Waals surface area contributed by atoms with Crippen LogP contribution in [0.5, 0.6) is 0 Å². The number of aromatic nitrogens is 1. The van der Waals surface area contributed by atoms with E-state index in [1.54, 1.807) is 0 Å². The van der Waals surface area contributed by atoms with Crippen LogP contribution in [-0.4, -0.2) is 4.57 Å². The fourth-order valence-corrected chi connectivity index (χ4v) is 4.46. The van der Waals surface area contributed by atoms with Gasteiger partial charge in [0.25, 0.3) is 0 Å². The van der Waals surface area contributed by atoms with Gasteiger partial charge in [-0.15, -0.1) is 0 Å². The Balaban J connectivity index is 1.74. The highest BCUT2D eigenvalue weighted by atomic mass is 79.9. The molecule has 3 aromatic carbocycles. The van der Waals surface area contributed by atoms with Crippen LogP contribution in [0.3, 0.4) is 0 Å². The molecule has 0 saturated carbocycles. The van der Waals surface area contributed by atoms with Crippen molar-refractivity contribution in [2.75, 3.05) is 0 Å². The first kappa shape index (κ1) is 15.0. The summed E-state index contributed by atoms with van der Waals surface area (Å²) in [5, 5.41) is 1.30. The van der Waals surface area contributed by atoms with E-state index >= 15 is 0 Å². The van der Waals surface area contributed by atoms with E-state index in [2.05, 4.69) is 107 Å². The molecule has 0 fully saturated rings. The quantitative estimate of drug-likeness (QED) is 0.337. The van der Waals surface area contributed by atoms with E-state index in [-0.39, 0.29) is 5.54 Å². The third-order valence-corrected chi connectivity index (χ3v) is 5.93. The van der Waals surface area contributed by atoms with E-state index in [4.69, 9.17) is 0 Å². The summed E-state index contributed by atoms with van der Waals surface area (Å²) in [6.07, 6.45) is 0. The summed E-state index contributed by atoms with van der Waals surface area (Å²) in [6, 6.07) is 26.4. The first-order valence-corrected chi connectivity index (χ1v) is 9.37. The van der Waals surface area contributed by atoms with Crippen LogP contribution in [0.15, 0.2) is 77.3 Å². The zero-order valence-electron chi connectivity index (χ0n) is 14.3. The van der Waals surface area contributed by atoms with Gasteiger partial charge in [-0.2, -0.15) is 0 Å². The van der Waals surface area contributed by atoms with Crippen LogP contribution in [0, 0.1) is 0 Å². The number of benzene rings is 3. The molecule has 0 atom stereocenters. The molecule has 0 bridgehead atoms. The second-order valence-electron chi connectivity index (χ2n) is 7.25. The van der Waals surface area contributed by atoms with Crippen LogP contribution in [0.4, 0.5) is 0 Å². The van der Waals surface area contributed by atoms with E-state index in [1.165, 1.54) is 38.9 Å². The number of rotatable bonds is 1. The SMILES string of the molecule is CC1(C)c2ccccc2-c2cc3cc(-c4ccc(Br)cc4)ccc3n21. The molecule has 1 aromatic heterocycles. The predicted octanol–water partition coefficient (Wildman–Crippen LogP) is 6.83. The van der Waals surface area contributed by atoms with E-state index in [9.17, 15) is 0 Å². The Morgan fingerprint density at radius 1 is 0.800 bits per heavy atom. The third-order valence-electron chi connectivity index (χ3n) is 5.40. The molecule has 0 spiro atoms. The minimum absolute atomic E-state index is 0.0210. The maximum atomic E-state index is 3.51. The van der Waals surface area contributed by atoms with Crippen molar-refractivity contribution < 1.29 is 0 Å². The summed E-state index contributed by atoms with van der Waals surface area (Å²) >= 11 is 3.51. The minimum atomic E-state index is -0.0210. The Morgan fingerprint density at radius 3 is 2.32 bits per heavy atom. The van der Waals surface area contributed by atoms with Crippen molar-refractivity contribution in [3.8, 4) is 22.4 Å². The Kier molecular flexibility index (Phi) is 3.05. The number of fused-ring (bicyclic) bond motifs is 5. The molecule has 1 nitrogen and oxygen atoms in total. The van der Waals surface area contributed by atoms with Crippen molar-refractivity contribution in [2.24, 2.45) is 0 Å². The first-order chi connectivity index (χ1) is 12.1. The first-order valence-electron chi connectivity index (χ1n) is 8.57. The maximum absolute atomic E-state index is 3.51. The molecule has 1 aliphatic rings. The second-order valence-corrected chi connectivity index (χ2v) is 8.17.